The van der Waals surface area contributed by atoms with Gasteiger partial charge in [0.2, 0.25) is 10.0 Å². The Hall–Kier alpha value is -2.67. The van der Waals surface area contributed by atoms with Crippen molar-refractivity contribution >= 4 is 37.3 Å². The Kier molecular flexibility index (Phi) is 6.00. The van der Waals surface area contributed by atoms with E-state index in [1.807, 2.05) is 4.90 Å². The highest BCUT2D eigenvalue weighted by molar-refractivity contribution is 7.89. The summed E-state index contributed by atoms with van der Waals surface area (Å²) in [5.74, 6) is 1.18. The van der Waals surface area contributed by atoms with Gasteiger partial charge in [-0.05, 0) is 36.8 Å². The van der Waals surface area contributed by atoms with Crippen molar-refractivity contribution in [1.29, 1.82) is 0 Å². The second kappa shape index (κ2) is 8.84. The van der Waals surface area contributed by atoms with E-state index < -0.39 is 20.6 Å². The number of nitro benzene ring substituents is 1. The first-order valence-corrected chi connectivity index (χ1v) is 13.5. The van der Waals surface area contributed by atoms with Crippen LogP contribution >= 0.6 is 11.3 Å². The number of aromatic amines is 1. The second-order valence-electron chi connectivity index (χ2n) is 8.95. The Labute approximate surface area is 200 Å². The summed E-state index contributed by atoms with van der Waals surface area (Å²) in [4.78, 5) is 34.9. The summed E-state index contributed by atoms with van der Waals surface area (Å²) in [6.45, 7) is 3.90. The number of sulfonamides is 1. The highest BCUT2D eigenvalue weighted by Gasteiger charge is 2.33. The number of para-hydroxylation sites is 1. The number of thiophene rings is 1. The molecule has 0 radical (unpaired) electrons. The van der Waals surface area contributed by atoms with Crippen molar-refractivity contribution < 1.29 is 13.3 Å². The SMILES string of the molecule is C[C@H]1CCc2c(sc3nc(CN4CCN(S(=O)(=O)c5ccccc5[N+](=O)[O-])CC4)[nH]c(=O)c23)C1. The lowest BCUT2D eigenvalue weighted by atomic mass is 9.89. The van der Waals surface area contributed by atoms with Crippen LogP contribution in [0.4, 0.5) is 5.69 Å². The van der Waals surface area contributed by atoms with Crippen LogP contribution in [0.15, 0.2) is 34.0 Å². The molecule has 0 unspecified atom stereocenters. The maximum atomic E-state index is 13.0. The van der Waals surface area contributed by atoms with Crippen LogP contribution < -0.4 is 5.56 Å². The Balaban J connectivity index is 1.31. The van der Waals surface area contributed by atoms with Gasteiger partial charge in [0.15, 0.2) is 4.90 Å². The lowest BCUT2D eigenvalue weighted by molar-refractivity contribution is -0.387. The molecule has 3 aromatic rings. The second-order valence-corrected chi connectivity index (χ2v) is 11.9. The van der Waals surface area contributed by atoms with Crippen molar-refractivity contribution in [1.82, 2.24) is 19.2 Å². The third-order valence-electron chi connectivity index (χ3n) is 6.60. The van der Waals surface area contributed by atoms with Gasteiger partial charge in [0.05, 0.1) is 16.9 Å². The van der Waals surface area contributed by atoms with Crippen molar-refractivity contribution in [2.75, 3.05) is 26.2 Å². The number of aryl methyl sites for hydroxylation is 1. The van der Waals surface area contributed by atoms with Crippen molar-refractivity contribution in [3.8, 4) is 0 Å². The van der Waals surface area contributed by atoms with E-state index in [-0.39, 0.29) is 23.5 Å². The summed E-state index contributed by atoms with van der Waals surface area (Å²) >= 11 is 1.61. The van der Waals surface area contributed by atoms with Crippen LogP contribution in [0.1, 0.15) is 29.6 Å². The summed E-state index contributed by atoms with van der Waals surface area (Å²) in [5.41, 5.74) is 0.616. The van der Waals surface area contributed by atoms with Crippen LogP contribution in [-0.2, 0) is 29.4 Å². The number of nitrogens with one attached hydrogen (secondary N) is 1. The van der Waals surface area contributed by atoms with Gasteiger partial charge in [-0.1, -0.05) is 19.1 Å². The van der Waals surface area contributed by atoms with E-state index >= 15 is 0 Å². The van der Waals surface area contributed by atoms with Gasteiger partial charge >= 0.3 is 0 Å². The molecule has 0 spiro atoms. The molecule has 0 amide bonds. The third-order valence-corrected chi connectivity index (χ3v) is 9.69. The number of benzene rings is 1. The standard InChI is InChI=1S/C22H25N5O5S2/c1-14-6-7-15-17(12-14)33-22-20(15)21(28)23-19(24-22)13-25-8-10-26(11-9-25)34(31,32)18-5-3-2-4-16(18)27(29)30/h2-5,14H,6-13H2,1H3,(H,23,24,28)/t14-/m0/s1. The van der Waals surface area contributed by atoms with Gasteiger partial charge in [-0.3, -0.25) is 19.8 Å². The molecule has 1 N–H and O–H groups in total. The van der Waals surface area contributed by atoms with E-state index in [9.17, 15) is 23.3 Å². The minimum atomic E-state index is -3.98. The molecule has 1 aliphatic carbocycles. The predicted molar refractivity (Wildman–Crippen MR) is 129 cm³/mol. The number of H-pyrrole nitrogens is 1. The molecule has 2 aromatic heterocycles. The summed E-state index contributed by atoms with van der Waals surface area (Å²) < 4.78 is 27.3. The van der Waals surface area contributed by atoms with Gasteiger partial charge in [0.25, 0.3) is 11.2 Å². The zero-order valence-electron chi connectivity index (χ0n) is 18.7. The molecule has 3 heterocycles. The van der Waals surface area contributed by atoms with E-state index in [0.29, 0.717) is 31.4 Å². The highest BCUT2D eigenvalue weighted by atomic mass is 32.2. The largest absolute Gasteiger partial charge is 0.309 e. The van der Waals surface area contributed by atoms with Crippen LogP contribution in [0.2, 0.25) is 0 Å². The number of piperazine rings is 1. The number of fused-ring (bicyclic) bond motifs is 3. The van der Waals surface area contributed by atoms with Gasteiger partial charge in [0.1, 0.15) is 10.7 Å². The predicted octanol–water partition coefficient (Wildman–Crippen LogP) is 2.52. The average Bonchev–Trinajstić information content (AvgIpc) is 3.17. The summed E-state index contributed by atoms with van der Waals surface area (Å²) in [7, 11) is -3.98. The van der Waals surface area contributed by atoms with Gasteiger partial charge in [0, 0.05) is 37.1 Å². The fourth-order valence-corrected chi connectivity index (χ4v) is 7.76. The summed E-state index contributed by atoms with van der Waals surface area (Å²) in [6.07, 6.45) is 2.98. The fraction of sp³-hybridized carbons (Fsp3) is 0.455. The van der Waals surface area contributed by atoms with E-state index in [1.165, 1.54) is 33.4 Å². The van der Waals surface area contributed by atoms with Crippen LogP contribution in [0.3, 0.4) is 0 Å². The van der Waals surface area contributed by atoms with Crippen molar-refractivity contribution in [2.45, 2.75) is 37.6 Å². The first-order valence-electron chi connectivity index (χ1n) is 11.2. The molecule has 0 bridgehead atoms. The molecule has 1 saturated heterocycles. The molecule has 0 saturated carbocycles. The van der Waals surface area contributed by atoms with Crippen LogP contribution in [0, 0.1) is 16.0 Å². The van der Waals surface area contributed by atoms with Gasteiger partial charge < -0.3 is 4.98 Å². The normalized spacial score (nSPS) is 19.9. The molecular formula is C22H25N5O5S2. The highest BCUT2D eigenvalue weighted by Crippen LogP contribution is 2.35. The molecule has 180 valence electrons. The molecule has 2 aliphatic rings. The van der Waals surface area contributed by atoms with E-state index in [1.54, 1.807) is 11.3 Å². The zero-order valence-corrected chi connectivity index (χ0v) is 20.3. The van der Waals surface area contributed by atoms with Crippen LogP contribution in [0.5, 0.6) is 0 Å². The van der Waals surface area contributed by atoms with E-state index in [4.69, 9.17) is 4.98 Å². The van der Waals surface area contributed by atoms with E-state index in [0.717, 1.165) is 35.0 Å². The first-order chi connectivity index (χ1) is 16.2. The smallest absolute Gasteiger partial charge is 0.289 e. The monoisotopic (exact) mass is 503 g/mol. The van der Waals surface area contributed by atoms with Crippen LogP contribution in [0.25, 0.3) is 10.2 Å². The number of nitrogens with zero attached hydrogens (tertiary/aromatic N) is 4. The Morgan fingerprint density at radius 1 is 1.24 bits per heavy atom. The maximum absolute atomic E-state index is 13.0. The third kappa shape index (κ3) is 4.15. The van der Waals surface area contributed by atoms with E-state index in [2.05, 4.69) is 11.9 Å². The number of hydrogen-bond acceptors (Lipinski definition) is 8. The summed E-state index contributed by atoms with van der Waals surface area (Å²) in [5, 5.41) is 12.0. The average molecular weight is 504 g/mol. The van der Waals surface area contributed by atoms with Crippen molar-refractivity contribution in [2.24, 2.45) is 5.92 Å². The molecule has 1 aliphatic heterocycles. The minimum Gasteiger partial charge on any atom is -0.309 e. The molecular weight excluding hydrogens is 478 g/mol. The van der Waals surface area contributed by atoms with Crippen molar-refractivity contribution in [3.05, 3.63) is 61.0 Å². The number of aromatic nitrogens is 2. The molecule has 5 rings (SSSR count). The topological polar surface area (TPSA) is 130 Å². The molecule has 12 heteroatoms. The number of nitro groups is 1. The van der Waals surface area contributed by atoms with Gasteiger partial charge in [-0.15, -0.1) is 11.3 Å². The number of hydrogen-bond donors (Lipinski definition) is 1. The minimum absolute atomic E-state index is 0.107. The summed E-state index contributed by atoms with van der Waals surface area (Å²) in [6, 6.07) is 5.40. The van der Waals surface area contributed by atoms with Crippen molar-refractivity contribution in [3.63, 3.8) is 0 Å². The molecule has 10 nitrogen and oxygen atoms in total. The van der Waals surface area contributed by atoms with Gasteiger partial charge in [-0.2, -0.15) is 4.31 Å². The molecule has 1 atom stereocenters. The lowest BCUT2D eigenvalue weighted by Crippen LogP contribution is -2.48. The quantitative estimate of drug-likeness (QED) is 0.418. The number of rotatable bonds is 5. The van der Waals surface area contributed by atoms with Gasteiger partial charge in [-0.25, -0.2) is 13.4 Å². The lowest BCUT2D eigenvalue weighted by Gasteiger charge is -2.33. The molecule has 34 heavy (non-hydrogen) atoms. The Morgan fingerprint density at radius 2 is 1.97 bits per heavy atom. The Bertz CT molecular complexity index is 1420. The zero-order chi connectivity index (χ0) is 24.0. The van der Waals surface area contributed by atoms with Crippen LogP contribution in [-0.4, -0.2) is 58.7 Å². The molecule has 1 fully saturated rings. The Morgan fingerprint density at radius 3 is 2.71 bits per heavy atom. The first kappa shape index (κ1) is 23.1. The molecule has 1 aromatic carbocycles. The maximum Gasteiger partial charge on any atom is 0.289 e. The fourth-order valence-electron chi connectivity index (χ4n) is 4.77.